The van der Waals surface area contributed by atoms with Crippen molar-refractivity contribution in [3.8, 4) is 0 Å². The smallest absolute Gasteiger partial charge is 0.109 e. The zero-order valence-corrected chi connectivity index (χ0v) is 31.5. The molecule has 0 aromatic heterocycles. The van der Waals surface area contributed by atoms with Crippen molar-refractivity contribution in [1.82, 2.24) is 0 Å². The molecule has 1 aliphatic carbocycles. The molecule has 5 aromatic carbocycles. The van der Waals surface area contributed by atoms with Crippen LogP contribution >= 0.6 is 24.8 Å². The van der Waals surface area contributed by atoms with Gasteiger partial charge in [0.2, 0.25) is 0 Å². The Kier molecular flexibility index (Phi) is 13.9. The molecule has 0 nitrogen and oxygen atoms in total. The second kappa shape index (κ2) is 16.2. The van der Waals surface area contributed by atoms with E-state index >= 15 is 0 Å². The minimum absolute atomic E-state index is 0. The largest absolute Gasteiger partial charge is 0.273 e. The molecule has 228 valence electrons. The van der Waals surface area contributed by atoms with Crippen LogP contribution in [0.2, 0.25) is 0 Å². The molecule has 0 amide bonds. The molecule has 0 heterocycles. The first-order valence-corrected chi connectivity index (χ1v) is 16.2. The van der Waals surface area contributed by atoms with Gasteiger partial charge in [0.15, 0.2) is 0 Å². The topological polar surface area (TPSA) is 0 Å². The molecule has 0 spiro atoms. The zero-order valence-electron chi connectivity index (χ0n) is 27.4. The molecule has 0 N–H and O–H groups in total. The van der Waals surface area contributed by atoms with Crippen molar-refractivity contribution in [1.29, 1.82) is 0 Å². The third kappa shape index (κ3) is 9.53. The van der Waals surface area contributed by atoms with Gasteiger partial charge in [0, 0.05) is 0 Å². The Balaban J connectivity index is 0.000000260. The SMILES string of the molecule is CC(C)(C)c1ccc2[cH-]c3ccc(C(C)(C)C)cc3c2c1.Cc1ccccc1[C](=[Zr+2])c1ccccc1C.Cl.Cl.[C-]1=CC=CC1. The summed E-state index contributed by atoms with van der Waals surface area (Å²) < 4.78 is 1.45. The first-order chi connectivity index (χ1) is 19.9. The minimum atomic E-state index is 0. The van der Waals surface area contributed by atoms with Crippen molar-refractivity contribution in [3.63, 3.8) is 0 Å². The van der Waals surface area contributed by atoms with Crippen LogP contribution in [0, 0.1) is 19.9 Å². The second-order valence-corrected chi connectivity index (χ2v) is 14.5. The van der Waals surface area contributed by atoms with Gasteiger partial charge in [-0.1, -0.05) is 76.9 Å². The summed E-state index contributed by atoms with van der Waals surface area (Å²) in [5, 5.41) is 5.49. The van der Waals surface area contributed by atoms with E-state index < -0.39 is 0 Å². The summed E-state index contributed by atoms with van der Waals surface area (Å²) in [7, 11) is 0. The molecule has 0 saturated heterocycles. The Bertz CT molecular complexity index is 1630. The van der Waals surface area contributed by atoms with Crippen LogP contribution in [-0.4, -0.2) is 3.21 Å². The summed E-state index contributed by atoms with van der Waals surface area (Å²) in [5.41, 5.74) is 8.69. The summed E-state index contributed by atoms with van der Waals surface area (Å²) in [5.74, 6) is 0. The molecule has 5 aromatic rings. The molecule has 3 heteroatoms. The normalized spacial score (nSPS) is 12.0. The van der Waals surface area contributed by atoms with E-state index in [1.165, 1.54) is 82.4 Å². The molecule has 0 bridgehead atoms. The number of fused-ring (bicyclic) bond motifs is 3. The molecule has 0 saturated carbocycles. The van der Waals surface area contributed by atoms with E-state index in [1.807, 2.05) is 12.2 Å². The predicted molar refractivity (Wildman–Crippen MR) is 196 cm³/mol. The molecule has 1 aliphatic rings. The number of halogens is 2. The van der Waals surface area contributed by atoms with Crippen LogP contribution < -0.4 is 0 Å². The Morgan fingerprint density at radius 2 is 1.09 bits per heavy atom. The monoisotopic (exact) mass is 698 g/mol. The Morgan fingerprint density at radius 3 is 1.41 bits per heavy atom. The van der Waals surface area contributed by atoms with E-state index in [9.17, 15) is 0 Å². The van der Waals surface area contributed by atoms with Gasteiger partial charge in [-0.05, 0) is 10.8 Å². The summed E-state index contributed by atoms with van der Waals surface area (Å²) >= 11 is 1.47. The van der Waals surface area contributed by atoms with Crippen molar-refractivity contribution in [2.24, 2.45) is 0 Å². The summed E-state index contributed by atoms with van der Waals surface area (Å²) in [6.07, 6.45) is 10.0. The van der Waals surface area contributed by atoms with Gasteiger partial charge >= 0.3 is 112 Å². The van der Waals surface area contributed by atoms with Gasteiger partial charge in [-0.3, -0.25) is 6.08 Å². The average molecular weight is 701 g/mol. The first-order valence-electron chi connectivity index (χ1n) is 14.9. The van der Waals surface area contributed by atoms with Gasteiger partial charge < -0.3 is 0 Å². The number of benzene rings is 4. The standard InChI is InChI=1S/C21H25.C15H14.C5H5.2ClH.Zr/c1-20(2,3)16-9-7-14-11-15-8-10-17(21(4,5)6)13-19(15)18(14)12-16;1-12-7-3-5-9-14(12)11-15-10-6-4-8-13(15)2;1-2-4-5-3-1;;;/h7-13H,1-6H3;3-10H,1-2H3;1-3H,4H2;2*1H;/q-1;;-1;;;+2. The van der Waals surface area contributed by atoms with E-state index in [2.05, 4.69) is 159 Å². The van der Waals surface area contributed by atoms with Crippen molar-refractivity contribution in [3.05, 3.63) is 149 Å². The Morgan fingerprint density at radius 1 is 0.659 bits per heavy atom. The van der Waals surface area contributed by atoms with Gasteiger partial charge in [-0.2, -0.15) is 6.08 Å². The quantitative estimate of drug-likeness (QED) is 0.161. The van der Waals surface area contributed by atoms with Crippen molar-refractivity contribution < 1.29 is 24.2 Å². The molecule has 0 atom stereocenters. The Labute approximate surface area is 293 Å². The van der Waals surface area contributed by atoms with E-state index in [0.29, 0.717) is 0 Å². The molecular formula is C41H46Cl2Zr. The van der Waals surface area contributed by atoms with Gasteiger partial charge in [0.05, 0.1) is 0 Å². The fourth-order valence-corrected chi connectivity index (χ4v) is 6.50. The van der Waals surface area contributed by atoms with Crippen LogP contribution in [-0.2, 0) is 35.1 Å². The van der Waals surface area contributed by atoms with Crippen molar-refractivity contribution in [2.75, 3.05) is 0 Å². The van der Waals surface area contributed by atoms with Crippen molar-refractivity contribution in [2.45, 2.75) is 72.6 Å². The molecule has 0 radical (unpaired) electrons. The molecule has 0 fully saturated rings. The fraction of sp³-hybridized carbons (Fsp3) is 0.268. The third-order valence-electron chi connectivity index (χ3n) is 7.85. The molecule has 0 aliphatic heterocycles. The van der Waals surface area contributed by atoms with Gasteiger partial charge in [-0.25, -0.2) is 12.2 Å². The number of aryl methyl sites for hydroxylation is 2. The minimum Gasteiger partial charge on any atom is -0.273 e. The number of allylic oxidation sites excluding steroid dienone is 4. The van der Waals surface area contributed by atoms with E-state index in [4.69, 9.17) is 0 Å². The molecular weight excluding hydrogens is 655 g/mol. The maximum atomic E-state index is 2.99. The fourth-order valence-electron chi connectivity index (χ4n) is 5.12. The van der Waals surface area contributed by atoms with Gasteiger partial charge in [0.25, 0.3) is 0 Å². The number of hydrogen-bond donors (Lipinski definition) is 0. The third-order valence-corrected chi connectivity index (χ3v) is 9.18. The summed E-state index contributed by atoms with van der Waals surface area (Å²) in [6.45, 7) is 18.0. The predicted octanol–water partition coefficient (Wildman–Crippen LogP) is 11.9. The number of rotatable bonds is 2. The molecule has 0 unspecified atom stereocenters. The second-order valence-electron chi connectivity index (χ2n) is 13.3. The molecule has 44 heavy (non-hydrogen) atoms. The van der Waals surface area contributed by atoms with E-state index in [0.717, 1.165) is 6.42 Å². The van der Waals surface area contributed by atoms with E-state index in [1.54, 1.807) is 0 Å². The van der Waals surface area contributed by atoms with Crippen LogP contribution in [0.25, 0.3) is 21.5 Å². The summed E-state index contributed by atoms with van der Waals surface area (Å²) in [6, 6.07) is 33.4. The number of hydrogen-bond acceptors (Lipinski definition) is 0. The van der Waals surface area contributed by atoms with Gasteiger partial charge in [-0.15, -0.1) is 71.0 Å². The van der Waals surface area contributed by atoms with Gasteiger partial charge in [0.1, 0.15) is 0 Å². The van der Waals surface area contributed by atoms with Crippen LogP contribution in [0.5, 0.6) is 0 Å². The van der Waals surface area contributed by atoms with Crippen LogP contribution in [0.1, 0.15) is 81.3 Å². The first kappa shape index (κ1) is 37.7. The summed E-state index contributed by atoms with van der Waals surface area (Å²) in [4.78, 5) is 0. The van der Waals surface area contributed by atoms with Crippen LogP contribution in [0.15, 0.2) is 109 Å². The maximum absolute atomic E-state index is 2.99. The van der Waals surface area contributed by atoms with Crippen LogP contribution in [0.3, 0.4) is 0 Å². The Hall–Kier alpha value is -2.44. The van der Waals surface area contributed by atoms with Crippen molar-refractivity contribution >= 4 is 49.6 Å². The maximum Gasteiger partial charge on any atom is -0.109 e. The van der Waals surface area contributed by atoms with Crippen LogP contribution in [0.4, 0.5) is 0 Å². The van der Waals surface area contributed by atoms with E-state index in [-0.39, 0.29) is 35.6 Å². The zero-order chi connectivity index (χ0) is 30.5. The molecule has 6 rings (SSSR count). The average Bonchev–Trinajstić information content (AvgIpc) is 3.64.